The van der Waals surface area contributed by atoms with Crippen molar-refractivity contribution in [2.75, 3.05) is 0 Å². The van der Waals surface area contributed by atoms with Crippen molar-refractivity contribution in [2.45, 2.75) is 45.8 Å². The number of benzene rings is 1. The lowest BCUT2D eigenvalue weighted by Crippen LogP contribution is -2.42. The number of rotatable bonds is 4. The summed E-state index contributed by atoms with van der Waals surface area (Å²) in [7, 11) is 0. The first-order valence-corrected chi connectivity index (χ1v) is 7.59. The van der Waals surface area contributed by atoms with Gasteiger partial charge in [-0.15, -0.1) is 0 Å². The molecule has 0 spiro atoms. The van der Waals surface area contributed by atoms with Crippen molar-refractivity contribution < 1.29 is 9.47 Å². The molecule has 0 saturated heterocycles. The summed E-state index contributed by atoms with van der Waals surface area (Å²) in [6, 6.07) is 7.76. The zero-order valence-electron chi connectivity index (χ0n) is 12.3. The van der Waals surface area contributed by atoms with Crippen LogP contribution in [0, 0.1) is 0 Å². The molecule has 0 aromatic heterocycles. The standard InChI is InChI=1S/C16H20BrNO2/c1-5-13-10-11(2)18-15(19-13)16(3,4)20-14-8-6-12(17)7-9-14/h6-10,13H,5H2,1-4H3. The van der Waals surface area contributed by atoms with Gasteiger partial charge in [0.15, 0.2) is 5.60 Å². The van der Waals surface area contributed by atoms with Gasteiger partial charge in [-0.2, -0.15) is 0 Å². The van der Waals surface area contributed by atoms with Crippen LogP contribution in [-0.2, 0) is 4.74 Å². The van der Waals surface area contributed by atoms with Crippen LogP contribution in [0.15, 0.2) is 45.5 Å². The summed E-state index contributed by atoms with van der Waals surface area (Å²) in [4.78, 5) is 4.49. The molecule has 1 aliphatic rings. The maximum absolute atomic E-state index is 6.03. The first kappa shape index (κ1) is 15.1. The Morgan fingerprint density at radius 2 is 1.95 bits per heavy atom. The lowest BCUT2D eigenvalue weighted by atomic mass is 10.1. The minimum absolute atomic E-state index is 0.0790. The Kier molecular flexibility index (Phi) is 4.53. The molecule has 20 heavy (non-hydrogen) atoms. The SMILES string of the molecule is CCC1C=C(C)N=C(C(C)(C)Oc2ccc(Br)cc2)O1. The second-order valence-corrected chi connectivity index (χ2v) is 6.27. The molecule has 0 aliphatic carbocycles. The average molecular weight is 338 g/mol. The van der Waals surface area contributed by atoms with Gasteiger partial charge in [-0.1, -0.05) is 22.9 Å². The Hall–Kier alpha value is -1.29. The fraction of sp³-hybridized carbons (Fsp3) is 0.438. The van der Waals surface area contributed by atoms with Crippen LogP contribution >= 0.6 is 15.9 Å². The number of aliphatic imine (C=N–C) groups is 1. The highest BCUT2D eigenvalue weighted by atomic mass is 79.9. The number of nitrogens with zero attached hydrogens (tertiary/aromatic N) is 1. The molecule has 1 aliphatic heterocycles. The molecule has 0 N–H and O–H groups in total. The molecule has 0 saturated carbocycles. The highest BCUT2D eigenvalue weighted by molar-refractivity contribution is 9.10. The summed E-state index contributed by atoms with van der Waals surface area (Å²) in [5, 5.41) is 0. The Morgan fingerprint density at radius 3 is 2.55 bits per heavy atom. The molecule has 1 heterocycles. The quantitative estimate of drug-likeness (QED) is 0.795. The predicted octanol–water partition coefficient (Wildman–Crippen LogP) is 4.72. The summed E-state index contributed by atoms with van der Waals surface area (Å²) in [5.41, 5.74) is 0.377. The highest BCUT2D eigenvalue weighted by Crippen LogP contribution is 2.25. The third-order valence-corrected chi connectivity index (χ3v) is 3.60. The molecule has 2 rings (SSSR count). The second kappa shape index (κ2) is 6.00. The first-order valence-electron chi connectivity index (χ1n) is 6.79. The van der Waals surface area contributed by atoms with E-state index in [1.54, 1.807) is 0 Å². The first-order chi connectivity index (χ1) is 9.40. The van der Waals surface area contributed by atoms with Gasteiger partial charge in [0.1, 0.15) is 11.9 Å². The van der Waals surface area contributed by atoms with Gasteiger partial charge < -0.3 is 9.47 Å². The van der Waals surface area contributed by atoms with E-state index in [1.165, 1.54) is 0 Å². The monoisotopic (exact) mass is 337 g/mol. The molecule has 3 nitrogen and oxygen atoms in total. The lowest BCUT2D eigenvalue weighted by molar-refractivity contribution is 0.116. The molecular weight excluding hydrogens is 318 g/mol. The molecule has 0 amide bonds. The molecule has 1 aromatic carbocycles. The molecule has 4 heteroatoms. The third kappa shape index (κ3) is 3.63. The number of allylic oxidation sites excluding steroid dienone is 1. The van der Waals surface area contributed by atoms with Gasteiger partial charge in [-0.3, -0.25) is 0 Å². The van der Waals surface area contributed by atoms with Crippen molar-refractivity contribution in [3.63, 3.8) is 0 Å². The van der Waals surface area contributed by atoms with Crippen molar-refractivity contribution in [3.8, 4) is 5.75 Å². The van der Waals surface area contributed by atoms with Gasteiger partial charge in [-0.25, -0.2) is 4.99 Å². The Morgan fingerprint density at radius 1 is 1.30 bits per heavy atom. The lowest BCUT2D eigenvalue weighted by Gasteiger charge is -2.31. The van der Waals surface area contributed by atoms with E-state index in [4.69, 9.17) is 9.47 Å². The molecule has 1 unspecified atom stereocenters. The Bertz CT molecular complexity index is 532. The zero-order chi connectivity index (χ0) is 14.8. The van der Waals surface area contributed by atoms with Gasteiger partial charge in [0.2, 0.25) is 5.90 Å². The summed E-state index contributed by atoms with van der Waals surface area (Å²) >= 11 is 3.42. The maximum atomic E-state index is 6.03. The van der Waals surface area contributed by atoms with Gasteiger partial charge in [0.05, 0.1) is 0 Å². The van der Waals surface area contributed by atoms with Crippen molar-refractivity contribution in [3.05, 3.63) is 40.5 Å². The van der Waals surface area contributed by atoms with E-state index in [9.17, 15) is 0 Å². The summed E-state index contributed by atoms with van der Waals surface area (Å²) in [6.45, 7) is 8.03. The van der Waals surface area contributed by atoms with Crippen LogP contribution in [0.2, 0.25) is 0 Å². The molecule has 0 bridgehead atoms. The summed E-state index contributed by atoms with van der Waals surface area (Å²) < 4.78 is 13.0. The Balaban J connectivity index is 2.17. The van der Waals surface area contributed by atoms with Crippen molar-refractivity contribution >= 4 is 21.8 Å². The van der Waals surface area contributed by atoms with Gasteiger partial charge >= 0.3 is 0 Å². The maximum Gasteiger partial charge on any atom is 0.233 e. The molecule has 0 radical (unpaired) electrons. The minimum Gasteiger partial charge on any atom is -0.478 e. The number of halogens is 1. The van der Waals surface area contributed by atoms with Crippen LogP contribution in [-0.4, -0.2) is 17.6 Å². The largest absolute Gasteiger partial charge is 0.478 e. The Labute approximate surface area is 128 Å². The molecule has 108 valence electrons. The predicted molar refractivity (Wildman–Crippen MR) is 85.2 cm³/mol. The van der Waals surface area contributed by atoms with Crippen LogP contribution in [0.5, 0.6) is 5.75 Å². The van der Waals surface area contributed by atoms with E-state index in [2.05, 4.69) is 27.8 Å². The molecule has 0 fully saturated rings. The summed E-state index contributed by atoms with van der Waals surface area (Å²) in [5.74, 6) is 1.43. The topological polar surface area (TPSA) is 30.8 Å². The third-order valence-electron chi connectivity index (χ3n) is 3.07. The number of hydrogen-bond donors (Lipinski definition) is 0. The molecular formula is C16H20BrNO2. The van der Waals surface area contributed by atoms with E-state index in [1.807, 2.05) is 51.1 Å². The highest BCUT2D eigenvalue weighted by Gasteiger charge is 2.32. The van der Waals surface area contributed by atoms with Gasteiger partial charge in [0.25, 0.3) is 0 Å². The van der Waals surface area contributed by atoms with E-state index in [0.29, 0.717) is 5.90 Å². The van der Waals surface area contributed by atoms with Crippen LogP contribution in [0.4, 0.5) is 0 Å². The van der Waals surface area contributed by atoms with Gasteiger partial charge in [0, 0.05) is 10.2 Å². The zero-order valence-corrected chi connectivity index (χ0v) is 13.9. The fourth-order valence-electron chi connectivity index (χ4n) is 1.99. The van der Waals surface area contributed by atoms with Crippen LogP contribution in [0.25, 0.3) is 0 Å². The average Bonchev–Trinajstić information content (AvgIpc) is 2.40. The summed E-state index contributed by atoms with van der Waals surface area (Å²) in [6.07, 6.45) is 3.04. The van der Waals surface area contributed by atoms with Crippen molar-refractivity contribution in [2.24, 2.45) is 4.99 Å². The van der Waals surface area contributed by atoms with E-state index in [0.717, 1.165) is 22.3 Å². The van der Waals surface area contributed by atoms with Crippen LogP contribution in [0.3, 0.4) is 0 Å². The molecule has 1 aromatic rings. The van der Waals surface area contributed by atoms with Crippen LogP contribution in [0.1, 0.15) is 34.1 Å². The smallest absolute Gasteiger partial charge is 0.233 e. The number of ether oxygens (including phenoxy) is 2. The normalized spacial score (nSPS) is 18.9. The van der Waals surface area contributed by atoms with E-state index >= 15 is 0 Å². The van der Waals surface area contributed by atoms with E-state index < -0.39 is 5.60 Å². The van der Waals surface area contributed by atoms with Crippen molar-refractivity contribution in [1.82, 2.24) is 0 Å². The second-order valence-electron chi connectivity index (χ2n) is 5.36. The van der Waals surface area contributed by atoms with Gasteiger partial charge in [-0.05, 0) is 57.5 Å². The van der Waals surface area contributed by atoms with Crippen LogP contribution < -0.4 is 4.74 Å². The van der Waals surface area contributed by atoms with E-state index in [-0.39, 0.29) is 6.10 Å². The molecule has 1 atom stereocenters. The number of hydrogen-bond acceptors (Lipinski definition) is 3. The van der Waals surface area contributed by atoms with Crippen molar-refractivity contribution in [1.29, 1.82) is 0 Å². The fourth-order valence-corrected chi connectivity index (χ4v) is 2.25. The minimum atomic E-state index is -0.600.